The lowest BCUT2D eigenvalue weighted by Gasteiger charge is -2.37. The van der Waals surface area contributed by atoms with Gasteiger partial charge < -0.3 is 5.32 Å². The van der Waals surface area contributed by atoms with E-state index >= 15 is 0 Å². The van der Waals surface area contributed by atoms with E-state index in [1.54, 1.807) is 0 Å². The second-order valence-electron chi connectivity index (χ2n) is 5.85. The van der Waals surface area contributed by atoms with Gasteiger partial charge in [0.15, 0.2) is 0 Å². The molecule has 2 aromatic rings. The Labute approximate surface area is 119 Å². The van der Waals surface area contributed by atoms with Gasteiger partial charge in [-0.15, -0.1) is 0 Å². The molecular weight excluding hydrogens is 244 g/mol. The highest BCUT2D eigenvalue weighted by Gasteiger charge is 2.37. The first-order chi connectivity index (χ1) is 9.83. The summed E-state index contributed by atoms with van der Waals surface area (Å²) in [5.74, 6) is 1.16. The number of hydrogen-bond donors (Lipinski definition) is 1. The summed E-state index contributed by atoms with van der Waals surface area (Å²) in [4.78, 5) is 4.14. The highest BCUT2D eigenvalue weighted by molar-refractivity contribution is 5.60. The summed E-state index contributed by atoms with van der Waals surface area (Å²) in [5, 5.41) is 3.74. The molecule has 0 spiro atoms. The predicted molar refractivity (Wildman–Crippen MR) is 81.8 cm³/mol. The van der Waals surface area contributed by atoms with Gasteiger partial charge in [-0.2, -0.15) is 0 Å². The van der Waals surface area contributed by atoms with Crippen LogP contribution in [0.25, 0.3) is 0 Å². The third kappa shape index (κ3) is 1.75. The zero-order chi connectivity index (χ0) is 13.5. The van der Waals surface area contributed by atoms with Gasteiger partial charge in [0.2, 0.25) is 0 Å². The molecule has 2 nitrogen and oxygen atoms in total. The molecule has 0 radical (unpaired) electrons. The lowest BCUT2D eigenvalue weighted by molar-refractivity contribution is 0.425. The van der Waals surface area contributed by atoms with Crippen molar-refractivity contribution in [3.63, 3.8) is 0 Å². The number of nitrogens with zero attached hydrogens (tertiary/aromatic N) is 1. The zero-order valence-electron chi connectivity index (χ0n) is 11.6. The molecule has 0 saturated heterocycles. The monoisotopic (exact) mass is 262 g/mol. The molecular formula is C18H18N2. The Hall–Kier alpha value is -2.09. The van der Waals surface area contributed by atoms with Crippen LogP contribution in [0.2, 0.25) is 0 Å². The molecule has 0 fully saturated rings. The molecule has 2 heteroatoms. The number of pyridine rings is 1. The summed E-state index contributed by atoms with van der Waals surface area (Å²) in [6.07, 6.45) is 9.65. The van der Waals surface area contributed by atoms with Crippen LogP contribution in [-0.4, -0.2) is 4.98 Å². The molecule has 0 bridgehead atoms. The van der Waals surface area contributed by atoms with Crippen molar-refractivity contribution < 1.29 is 0 Å². The number of aryl methyl sites for hydroxylation is 1. The highest BCUT2D eigenvalue weighted by Crippen LogP contribution is 2.49. The molecule has 1 aromatic heterocycles. The van der Waals surface area contributed by atoms with Gasteiger partial charge in [-0.25, -0.2) is 0 Å². The second kappa shape index (κ2) is 4.48. The molecule has 20 heavy (non-hydrogen) atoms. The quantitative estimate of drug-likeness (QED) is 0.778. The number of fused-ring (bicyclic) bond motifs is 3. The first-order valence-corrected chi connectivity index (χ1v) is 7.26. The molecule has 3 atom stereocenters. The van der Waals surface area contributed by atoms with Crippen LogP contribution in [0.3, 0.4) is 0 Å². The van der Waals surface area contributed by atoms with Crippen molar-refractivity contribution in [1.29, 1.82) is 0 Å². The maximum atomic E-state index is 4.14. The van der Waals surface area contributed by atoms with Crippen LogP contribution in [0.4, 0.5) is 5.69 Å². The Kier molecular flexibility index (Phi) is 2.62. The maximum Gasteiger partial charge on any atom is 0.0555 e. The molecule has 1 aliphatic heterocycles. The summed E-state index contributed by atoms with van der Waals surface area (Å²) in [6.45, 7) is 2.17. The van der Waals surface area contributed by atoms with E-state index in [0.717, 1.165) is 6.42 Å². The molecule has 0 amide bonds. The van der Waals surface area contributed by atoms with Crippen molar-refractivity contribution in [2.24, 2.45) is 5.92 Å². The van der Waals surface area contributed by atoms with Gasteiger partial charge in [-0.3, -0.25) is 4.98 Å². The number of benzene rings is 1. The molecule has 2 unspecified atom stereocenters. The van der Waals surface area contributed by atoms with Crippen LogP contribution in [0, 0.1) is 12.8 Å². The summed E-state index contributed by atoms with van der Waals surface area (Å²) in [5.41, 5.74) is 5.41. The number of anilines is 1. The van der Waals surface area contributed by atoms with Gasteiger partial charge in [-0.05, 0) is 48.6 Å². The zero-order valence-corrected chi connectivity index (χ0v) is 11.6. The molecule has 1 aliphatic carbocycles. The molecule has 1 N–H and O–H groups in total. The minimum Gasteiger partial charge on any atom is -0.378 e. The van der Waals surface area contributed by atoms with Crippen molar-refractivity contribution >= 4 is 5.69 Å². The van der Waals surface area contributed by atoms with Gasteiger partial charge in [-0.1, -0.05) is 29.8 Å². The van der Waals surface area contributed by atoms with Crippen LogP contribution in [-0.2, 0) is 0 Å². The van der Waals surface area contributed by atoms with E-state index in [0.29, 0.717) is 17.9 Å². The topological polar surface area (TPSA) is 24.9 Å². The van der Waals surface area contributed by atoms with E-state index in [4.69, 9.17) is 0 Å². The minimum atomic E-state index is 0.383. The molecule has 2 heterocycles. The number of nitrogens with one attached hydrogen (secondary N) is 1. The SMILES string of the molecule is Cc1ccc2c(c1)C1C=CCC1[C@@H](c1ccncc1)N2. The fourth-order valence-electron chi connectivity index (χ4n) is 3.61. The molecule has 4 rings (SSSR count). The van der Waals surface area contributed by atoms with Crippen LogP contribution >= 0.6 is 0 Å². The van der Waals surface area contributed by atoms with E-state index in [1.165, 1.54) is 22.4 Å². The van der Waals surface area contributed by atoms with E-state index in [1.807, 2.05) is 12.4 Å². The van der Waals surface area contributed by atoms with Crippen molar-refractivity contribution in [3.8, 4) is 0 Å². The van der Waals surface area contributed by atoms with Crippen LogP contribution in [0.15, 0.2) is 54.9 Å². The standard InChI is InChI=1S/C18H18N2/c1-12-5-6-17-16(11-12)14-3-2-4-15(14)18(20-17)13-7-9-19-10-8-13/h2-3,5-11,14-15,18,20H,4H2,1H3/t14?,15?,18-/m1/s1. The van der Waals surface area contributed by atoms with Crippen LogP contribution in [0.5, 0.6) is 0 Å². The Morgan fingerprint density at radius 1 is 1.15 bits per heavy atom. The maximum absolute atomic E-state index is 4.14. The molecule has 100 valence electrons. The summed E-state index contributed by atoms with van der Waals surface area (Å²) < 4.78 is 0. The first-order valence-electron chi connectivity index (χ1n) is 7.26. The fraction of sp³-hybridized carbons (Fsp3) is 0.278. The van der Waals surface area contributed by atoms with E-state index in [2.05, 4.69) is 59.7 Å². The van der Waals surface area contributed by atoms with Crippen LogP contribution in [0.1, 0.15) is 35.1 Å². The third-order valence-corrected chi connectivity index (χ3v) is 4.58. The molecule has 0 saturated carbocycles. The van der Waals surface area contributed by atoms with Gasteiger partial charge in [0.1, 0.15) is 0 Å². The minimum absolute atomic E-state index is 0.383. The lowest BCUT2D eigenvalue weighted by Crippen LogP contribution is -2.29. The number of allylic oxidation sites excluding steroid dienone is 2. The molecule has 2 aliphatic rings. The Balaban J connectivity index is 1.80. The van der Waals surface area contributed by atoms with E-state index < -0.39 is 0 Å². The Morgan fingerprint density at radius 3 is 2.85 bits per heavy atom. The predicted octanol–water partition coefficient (Wildman–Crippen LogP) is 4.22. The molecule has 1 aromatic carbocycles. The van der Waals surface area contributed by atoms with Crippen molar-refractivity contribution in [3.05, 3.63) is 71.6 Å². The van der Waals surface area contributed by atoms with Crippen molar-refractivity contribution in [2.45, 2.75) is 25.3 Å². The van der Waals surface area contributed by atoms with E-state index in [-0.39, 0.29) is 0 Å². The number of rotatable bonds is 1. The van der Waals surface area contributed by atoms with Gasteiger partial charge >= 0.3 is 0 Å². The van der Waals surface area contributed by atoms with Crippen molar-refractivity contribution in [1.82, 2.24) is 4.98 Å². The third-order valence-electron chi connectivity index (χ3n) is 4.58. The number of aromatic nitrogens is 1. The van der Waals surface area contributed by atoms with Gasteiger partial charge in [0.05, 0.1) is 6.04 Å². The number of hydrogen-bond acceptors (Lipinski definition) is 2. The Bertz CT molecular complexity index is 660. The van der Waals surface area contributed by atoms with Gasteiger partial charge in [0, 0.05) is 24.0 Å². The second-order valence-corrected chi connectivity index (χ2v) is 5.85. The largest absolute Gasteiger partial charge is 0.378 e. The average Bonchev–Trinajstić information content (AvgIpc) is 2.97. The summed E-state index contributed by atoms with van der Waals surface area (Å²) >= 11 is 0. The van der Waals surface area contributed by atoms with E-state index in [9.17, 15) is 0 Å². The van der Waals surface area contributed by atoms with Gasteiger partial charge in [0.25, 0.3) is 0 Å². The lowest BCUT2D eigenvalue weighted by atomic mass is 9.77. The Morgan fingerprint density at radius 2 is 2.00 bits per heavy atom. The summed E-state index contributed by atoms with van der Waals surface area (Å²) in [6, 6.07) is 11.4. The first kappa shape index (κ1) is 11.7. The normalized spacial score (nSPS) is 26.8. The summed E-state index contributed by atoms with van der Waals surface area (Å²) in [7, 11) is 0. The fourth-order valence-corrected chi connectivity index (χ4v) is 3.61. The van der Waals surface area contributed by atoms with Crippen LogP contribution < -0.4 is 5.32 Å². The average molecular weight is 262 g/mol. The van der Waals surface area contributed by atoms with Crippen molar-refractivity contribution in [2.75, 3.05) is 5.32 Å². The smallest absolute Gasteiger partial charge is 0.0555 e. The highest BCUT2D eigenvalue weighted by atomic mass is 15.0.